The Morgan fingerprint density at radius 1 is 1.20 bits per heavy atom. The molecule has 0 saturated heterocycles. The van der Waals surface area contributed by atoms with E-state index in [4.69, 9.17) is 20.6 Å². The van der Waals surface area contributed by atoms with E-state index in [1.807, 2.05) is 54.6 Å². The van der Waals surface area contributed by atoms with Crippen LogP contribution in [-0.4, -0.2) is 23.5 Å². The third kappa shape index (κ3) is 4.58. The summed E-state index contributed by atoms with van der Waals surface area (Å²) in [5.41, 5.74) is 6.51. The van der Waals surface area contributed by atoms with Gasteiger partial charge in [-0.15, -0.1) is 22.7 Å². The first kappa shape index (κ1) is 19.9. The van der Waals surface area contributed by atoms with Crippen LogP contribution in [0, 0.1) is 5.41 Å². The number of amides is 1. The Bertz CT molecular complexity index is 1160. The van der Waals surface area contributed by atoms with E-state index in [0.717, 1.165) is 15.6 Å². The van der Waals surface area contributed by atoms with Crippen molar-refractivity contribution in [2.24, 2.45) is 5.73 Å². The monoisotopic (exact) mass is 438 g/mol. The maximum atomic E-state index is 12.1. The number of amidine groups is 1. The number of carbonyl (C=O) groups is 1. The van der Waals surface area contributed by atoms with E-state index in [1.54, 1.807) is 11.6 Å². The first-order chi connectivity index (χ1) is 14.6. The van der Waals surface area contributed by atoms with Crippen molar-refractivity contribution >= 4 is 49.8 Å². The lowest BCUT2D eigenvalue weighted by molar-refractivity contribution is 0.0910. The molecule has 0 fully saturated rings. The number of nitrogens with one attached hydrogen (secondary N) is 2. The number of aromatic nitrogens is 1. The average Bonchev–Trinajstić information content (AvgIpc) is 3.42. The molecule has 0 bridgehead atoms. The van der Waals surface area contributed by atoms with Gasteiger partial charge in [0.15, 0.2) is 11.2 Å². The van der Waals surface area contributed by atoms with E-state index in [9.17, 15) is 4.79 Å². The summed E-state index contributed by atoms with van der Waals surface area (Å²) in [6, 6.07) is 17.1. The minimum Gasteiger partial charge on any atom is -0.481 e. The van der Waals surface area contributed by atoms with Gasteiger partial charge in [0.25, 0.3) is 0 Å². The van der Waals surface area contributed by atoms with Crippen LogP contribution in [0.3, 0.4) is 0 Å². The molecule has 2 heterocycles. The lowest BCUT2D eigenvalue weighted by Crippen LogP contribution is -2.21. The normalized spacial score (nSPS) is 11.7. The van der Waals surface area contributed by atoms with Gasteiger partial charge in [-0.25, -0.2) is 9.78 Å². The maximum Gasteiger partial charge on any atom is 0.413 e. The molecule has 1 unspecified atom stereocenters. The predicted octanol–water partition coefficient (Wildman–Crippen LogP) is 5.01. The quantitative estimate of drug-likeness (QED) is 0.277. The highest BCUT2D eigenvalue weighted by Gasteiger charge is 2.19. The van der Waals surface area contributed by atoms with Crippen molar-refractivity contribution in [1.29, 1.82) is 5.41 Å². The van der Waals surface area contributed by atoms with Crippen LogP contribution in [0.4, 0.5) is 9.93 Å². The molecule has 1 atom stereocenters. The number of rotatable bonds is 7. The zero-order valence-corrected chi connectivity index (χ0v) is 17.3. The van der Waals surface area contributed by atoms with Gasteiger partial charge < -0.3 is 15.2 Å². The van der Waals surface area contributed by atoms with Crippen molar-refractivity contribution < 1.29 is 14.3 Å². The lowest BCUT2D eigenvalue weighted by Gasteiger charge is -2.20. The Kier molecular flexibility index (Phi) is 5.92. The molecule has 0 spiro atoms. The first-order valence-electron chi connectivity index (χ1n) is 9.02. The number of thiazole rings is 1. The van der Waals surface area contributed by atoms with Crippen LogP contribution < -0.4 is 15.8 Å². The molecule has 0 aliphatic heterocycles. The Labute approximate surface area is 180 Å². The standard InChI is InChI=1S/C21H18N4O3S2/c22-19(23)18-11-14-15(7-4-8-17(14)30-18)28-16(13-5-2-1-3-6-13)12-27-21(26)25-20-24-9-10-29-20/h1-11,16H,12H2,(H3,22,23)(H,24,25,26). The second-order valence-corrected chi connectivity index (χ2v) is 8.25. The summed E-state index contributed by atoms with van der Waals surface area (Å²) in [7, 11) is 0. The van der Waals surface area contributed by atoms with Gasteiger partial charge in [-0.3, -0.25) is 10.7 Å². The number of carbonyl (C=O) groups excluding carboxylic acids is 1. The van der Waals surface area contributed by atoms with Crippen LogP contribution >= 0.6 is 22.7 Å². The topological polar surface area (TPSA) is 110 Å². The molecular weight excluding hydrogens is 420 g/mol. The molecule has 4 N–H and O–H groups in total. The smallest absolute Gasteiger partial charge is 0.413 e. The molecule has 2 aromatic heterocycles. The van der Waals surface area contributed by atoms with Gasteiger partial charge in [0.05, 0.1) is 4.88 Å². The van der Waals surface area contributed by atoms with E-state index in [0.29, 0.717) is 15.8 Å². The minimum atomic E-state index is -0.595. The molecule has 9 heteroatoms. The van der Waals surface area contributed by atoms with Crippen molar-refractivity contribution in [2.45, 2.75) is 6.10 Å². The van der Waals surface area contributed by atoms with Gasteiger partial charge in [-0.1, -0.05) is 36.4 Å². The third-order valence-corrected chi connectivity index (χ3v) is 6.06. The zero-order chi connectivity index (χ0) is 20.9. The van der Waals surface area contributed by atoms with Crippen LogP contribution in [0.2, 0.25) is 0 Å². The predicted molar refractivity (Wildman–Crippen MR) is 120 cm³/mol. The van der Waals surface area contributed by atoms with Crippen molar-refractivity contribution in [3.8, 4) is 5.75 Å². The molecular formula is C21H18N4O3S2. The van der Waals surface area contributed by atoms with Crippen molar-refractivity contribution in [2.75, 3.05) is 11.9 Å². The number of benzene rings is 2. The number of nitrogen functional groups attached to an aromatic ring is 1. The molecule has 0 radical (unpaired) electrons. The zero-order valence-electron chi connectivity index (χ0n) is 15.7. The molecule has 30 heavy (non-hydrogen) atoms. The molecule has 4 aromatic rings. The average molecular weight is 439 g/mol. The summed E-state index contributed by atoms with van der Waals surface area (Å²) < 4.78 is 12.6. The molecule has 2 aromatic carbocycles. The maximum absolute atomic E-state index is 12.1. The van der Waals surface area contributed by atoms with Gasteiger partial charge >= 0.3 is 6.09 Å². The fourth-order valence-electron chi connectivity index (χ4n) is 2.85. The van der Waals surface area contributed by atoms with Crippen molar-refractivity contribution in [3.05, 3.63) is 76.6 Å². The number of anilines is 1. The molecule has 0 aliphatic carbocycles. The van der Waals surface area contributed by atoms with Crippen molar-refractivity contribution in [1.82, 2.24) is 4.98 Å². The fraction of sp³-hybridized carbons (Fsp3) is 0.0952. The van der Waals surface area contributed by atoms with Gasteiger partial charge in [0.2, 0.25) is 0 Å². The minimum absolute atomic E-state index is 0.0152. The highest BCUT2D eigenvalue weighted by molar-refractivity contribution is 7.20. The number of nitrogens with zero attached hydrogens (tertiary/aromatic N) is 1. The van der Waals surface area contributed by atoms with E-state index < -0.39 is 12.2 Å². The first-order valence-corrected chi connectivity index (χ1v) is 10.7. The summed E-state index contributed by atoms with van der Waals surface area (Å²) in [5.74, 6) is 0.651. The Morgan fingerprint density at radius 2 is 2.03 bits per heavy atom. The fourth-order valence-corrected chi connectivity index (χ4v) is 4.30. The highest BCUT2D eigenvalue weighted by atomic mass is 32.1. The number of ether oxygens (including phenoxy) is 2. The van der Waals surface area contributed by atoms with Crippen molar-refractivity contribution in [3.63, 3.8) is 0 Å². The van der Waals surface area contributed by atoms with Crippen LogP contribution in [-0.2, 0) is 4.74 Å². The molecule has 1 amide bonds. The summed E-state index contributed by atoms with van der Waals surface area (Å²) in [6.07, 6.45) is 0.495. The Hall–Kier alpha value is -3.43. The van der Waals surface area contributed by atoms with E-state index >= 15 is 0 Å². The summed E-state index contributed by atoms with van der Waals surface area (Å²) in [6.45, 7) is 0.0152. The number of fused-ring (bicyclic) bond motifs is 1. The van der Waals surface area contributed by atoms with E-state index in [1.165, 1.54) is 22.7 Å². The van der Waals surface area contributed by atoms with Crippen LogP contribution in [0.1, 0.15) is 16.5 Å². The number of thiophene rings is 1. The van der Waals surface area contributed by atoms with Gasteiger partial charge in [0.1, 0.15) is 18.2 Å². The summed E-state index contributed by atoms with van der Waals surface area (Å²) in [4.78, 5) is 16.8. The van der Waals surface area contributed by atoms with Crippen LogP contribution in [0.15, 0.2) is 66.2 Å². The largest absolute Gasteiger partial charge is 0.481 e. The highest BCUT2D eigenvalue weighted by Crippen LogP contribution is 2.35. The van der Waals surface area contributed by atoms with Crippen LogP contribution in [0.25, 0.3) is 10.1 Å². The van der Waals surface area contributed by atoms with Gasteiger partial charge in [0, 0.05) is 21.7 Å². The molecule has 0 aliphatic rings. The van der Waals surface area contributed by atoms with Crippen LogP contribution in [0.5, 0.6) is 5.75 Å². The van der Waals surface area contributed by atoms with E-state index in [-0.39, 0.29) is 12.4 Å². The SMILES string of the molecule is N=C(N)c1cc2c(OC(COC(=O)Nc3nccs3)c3ccccc3)cccc2s1. The number of hydrogen-bond acceptors (Lipinski definition) is 7. The Morgan fingerprint density at radius 3 is 2.77 bits per heavy atom. The summed E-state index contributed by atoms with van der Waals surface area (Å²) >= 11 is 2.74. The van der Waals surface area contributed by atoms with E-state index in [2.05, 4.69) is 10.3 Å². The number of hydrogen-bond donors (Lipinski definition) is 3. The molecule has 7 nitrogen and oxygen atoms in total. The second kappa shape index (κ2) is 8.93. The molecule has 4 rings (SSSR count). The summed E-state index contributed by atoms with van der Waals surface area (Å²) in [5, 5.41) is 13.4. The molecule has 152 valence electrons. The number of nitrogens with two attached hydrogens (primary N) is 1. The van der Waals surface area contributed by atoms with Gasteiger partial charge in [-0.2, -0.15) is 0 Å². The lowest BCUT2D eigenvalue weighted by atomic mass is 10.1. The second-order valence-electron chi connectivity index (χ2n) is 6.27. The Balaban J connectivity index is 1.55. The third-order valence-electron chi connectivity index (χ3n) is 4.23. The van der Waals surface area contributed by atoms with Gasteiger partial charge in [-0.05, 0) is 23.8 Å². The molecule has 0 saturated carbocycles.